The van der Waals surface area contributed by atoms with E-state index in [1.54, 1.807) is 12.1 Å². The summed E-state index contributed by atoms with van der Waals surface area (Å²) in [4.78, 5) is 14.2. The lowest BCUT2D eigenvalue weighted by Gasteiger charge is -2.32. The Morgan fingerprint density at radius 3 is 2.35 bits per heavy atom. The van der Waals surface area contributed by atoms with Crippen LogP contribution in [-0.2, 0) is 0 Å². The smallest absolute Gasteiger partial charge is 0.253 e. The average molecular weight is 231 g/mol. The highest BCUT2D eigenvalue weighted by Gasteiger charge is 2.34. The molecule has 3 N–H and O–H groups in total. The van der Waals surface area contributed by atoms with Gasteiger partial charge in [0.05, 0.1) is 0 Å². The van der Waals surface area contributed by atoms with Crippen LogP contribution in [-0.4, -0.2) is 36.0 Å². The molecule has 90 valence electrons. The number of hydrogen-bond acceptors (Lipinski definition) is 3. The van der Waals surface area contributed by atoms with E-state index in [4.69, 9.17) is 5.73 Å². The van der Waals surface area contributed by atoms with E-state index in [0.29, 0.717) is 17.8 Å². The maximum absolute atomic E-state index is 12.3. The predicted octanol–water partition coefficient (Wildman–Crippen LogP) is 0.845. The third kappa shape index (κ3) is 2.00. The molecule has 0 aromatic heterocycles. The molecule has 4 nitrogen and oxygen atoms in total. The number of anilines is 1. The molecule has 1 amide bonds. The SMILES string of the molecule is Nc1ccc(C(=O)N2CC3CCC(C2)N3)cc1. The molecule has 1 aromatic rings. The number of nitrogens with two attached hydrogens (primary N) is 1. The van der Waals surface area contributed by atoms with Crippen molar-refractivity contribution in [3.63, 3.8) is 0 Å². The molecule has 2 aliphatic rings. The van der Waals surface area contributed by atoms with Gasteiger partial charge < -0.3 is 16.0 Å². The Labute approximate surface area is 101 Å². The monoisotopic (exact) mass is 231 g/mol. The van der Waals surface area contributed by atoms with E-state index in [-0.39, 0.29) is 5.91 Å². The molecule has 2 atom stereocenters. The number of hydrogen-bond donors (Lipinski definition) is 2. The second-order valence-electron chi connectivity index (χ2n) is 4.97. The van der Waals surface area contributed by atoms with Gasteiger partial charge in [-0.15, -0.1) is 0 Å². The second kappa shape index (κ2) is 4.04. The number of piperazine rings is 1. The van der Waals surface area contributed by atoms with E-state index in [0.717, 1.165) is 18.7 Å². The van der Waals surface area contributed by atoms with Gasteiger partial charge in [-0.2, -0.15) is 0 Å². The van der Waals surface area contributed by atoms with Gasteiger partial charge in [-0.3, -0.25) is 4.79 Å². The van der Waals surface area contributed by atoms with Crippen molar-refractivity contribution < 1.29 is 4.79 Å². The molecule has 2 heterocycles. The van der Waals surface area contributed by atoms with Crippen molar-refractivity contribution in [3.05, 3.63) is 29.8 Å². The molecule has 0 aliphatic carbocycles. The molecule has 0 spiro atoms. The van der Waals surface area contributed by atoms with Crippen molar-refractivity contribution in [1.82, 2.24) is 10.2 Å². The molecule has 1 aromatic carbocycles. The maximum atomic E-state index is 12.3. The quantitative estimate of drug-likeness (QED) is 0.704. The number of fused-ring (bicyclic) bond motifs is 2. The topological polar surface area (TPSA) is 58.4 Å². The molecule has 0 radical (unpaired) electrons. The lowest BCUT2D eigenvalue weighted by atomic mass is 10.1. The zero-order valence-corrected chi connectivity index (χ0v) is 9.73. The van der Waals surface area contributed by atoms with Crippen molar-refractivity contribution in [1.29, 1.82) is 0 Å². The third-order valence-corrected chi connectivity index (χ3v) is 3.66. The molecular weight excluding hydrogens is 214 g/mol. The molecule has 3 rings (SSSR count). The number of benzene rings is 1. The minimum Gasteiger partial charge on any atom is -0.399 e. The normalized spacial score (nSPS) is 27.2. The first-order valence-corrected chi connectivity index (χ1v) is 6.13. The summed E-state index contributed by atoms with van der Waals surface area (Å²) in [6.45, 7) is 1.67. The highest BCUT2D eigenvalue weighted by atomic mass is 16.2. The number of carbonyl (C=O) groups is 1. The highest BCUT2D eigenvalue weighted by molar-refractivity contribution is 5.94. The summed E-state index contributed by atoms with van der Waals surface area (Å²) in [7, 11) is 0. The zero-order chi connectivity index (χ0) is 11.8. The Morgan fingerprint density at radius 2 is 1.76 bits per heavy atom. The van der Waals surface area contributed by atoms with E-state index in [1.807, 2.05) is 17.0 Å². The van der Waals surface area contributed by atoms with Gasteiger partial charge in [-0.25, -0.2) is 0 Å². The summed E-state index contributed by atoms with van der Waals surface area (Å²) < 4.78 is 0. The summed E-state index contributed by atoms with van der Waals surface area (Å²) >= 11 is 0. The zero-order valence-electron chi connectivity index (χ0n) is 9.73. The van der Waals surface area contributed by atoms with Crippen molar-refractivity contribution in [2.45, 2.75) is 24.9 Å². The van der Waals surface area contributed by atoms with Crippen LogP contribution in [0.1, 0.15) is 23.2 Å². The Morgan fingerprint density at radius 1 is 1.18 bits per heavy atom. The summed E-state index contributed by atoms with van der Waals surface area (Å²) in [6, 6.07) is 8.16. The number of amides is 1. The average Bonchev–Trinajstić information content (AvgIpc) is 2.68. The van der Waals surface area contributed by atoms with Gasteiger partial charge in [0.2, 0.25) is 0 Å². The predicted molar refractivity (Wildman–Crippen MR) is 66.7 cm³/mol. The summed E-state index contributed by atoms with van der Waals surface area (Å²) in [5.74, 6) is 0.128. The Hall–Kier alpha value is -1.55. The van der Waals surface area contributed by atoms with Gasteiger partial charge >= 0.3 is 0 Å². The molecule has 2 bridgehead atoms. The Balaban J connectivity index is 1.76. The first-order valence-electron chi connectivity index (χ1n) is 6.13. The molecular formula is C13H17N3O. The summed E-state index contributed by atoms with van der Waals surface area (Å²) in [6.07, 6.45) is 2.38. The minimum absolute atomic E-state index is 0.128. The van der Waals surface area contributed by atoms with Gasteiger partial charge in [-0.05, 0) is 37.1 Å². The molecule has 2 unspecified atom stereocenters. The molecule has 2 fully saturated rings. The number of rotatable bonds is 1. The van der Waals surface area contributed by atoms with E-state index < -0.39 is 0 Å². The second-order valence-corrected chi connectivity index (χ2v) is 4.97. The van der Waals surface area contributed by atoms with Crippen LogP contribution < -0.4 is 11.1 Å². The van der Waals surface area contributed by atoms with Gasteiger partial charge in [0.25, 0.3) is 5.91 Å². The fourth-order valence-corrected chi connectivity index (χ4v) is 2.77. The number of nitrogen functional groups attached to an aromatic ring is 1. The number of nitrogens with zero attached hydrogens (tertiary/aromatic N) is 1. The van der Waals surface area contributed by atoms with E-state index in [2.05, 4.69) is 5.32 Å². The summed E-state index contributed by atoms with van der Waals surface area (Å²) in [5.41, 5.74) is 7.06. The molecule has 2 aliphatic heterocycles. The number of carbonyl (C=O) groups excluding carboxylic acids is 1. The van der Waals surface area contributed by atoms with E-state index in [1.165, 1.54) is 12.8 Å². The van der Waals surface area contributed by atoms with Crippen LogP contribution in [0.4, 0.5) is 5.69 Å². The maximum Gasteiger partial charge on any atom is 0.253 e. The van der Waals surface area contributed by atoms with Crippen LogP contribution in [0.2, 0.25) is 0 Å². The van der Waals surface area contributed by atoms with Crippen molar-refractivity contribution in [2.24, 2.45) is 0 Å². The van der Waals surface area contributed by atoms with Gasteiger partial charge in [0.1, 0.15) is 0 Å². The van der Waals surface area contributed by atoms with Crippen molar-refractivity contribution in [2.75, 3.05) is 18.8 Å². The van der Waals surface area contributed by atoms with Crippen LogP contribution in [0.25, 0.3) is 0 Å². The van der Waals surface area contributed by atoms with E-state index >= 15 is 0 Å². The van der Waals surface area contributed by atoms with Crippen LogP contribution in [0, 0.1) is 0 Å². The number of likely N-dealkylation sites (tertiary alicyclic amines) is 1. The van der Waals surface area contributed by atoms with Gasteiger partial charge in [0, 0.05) is 36.4 Å². The molecule has 0 saturated carbocycles. The summed E-state index contributed by atoms with van der Waals surface area (Å²) in [5, 5.41) is 3.52. The van der Waals surface area contributed by atoms with E-state index in [9.17, 15) is 4.79 Å². The standard InChI is InChI=1S/C13H17N3O/c14-10-3-1-9(2-4-10)13(17)16-7-11-5-6-12(8-16)15-11/h1-4,11-12,15H,5-8,14H2. The van der Waals surface area contributed by atoms with Crippen molar-refractivity contribution >= 4 is 11.6 Å². The molecule has 17 heavy (non-hydrogen) atoms. The van der Waals surface area contributed by atoms with Crippen LogP contribution in [0.15, 0.2) is 24.3 Å². The third-order valence-electron chi connectivity index (χ3n) is 3.66. The lowest BCUT2D eigenvalue weighted by molar-refractivity contribution is 0.0697. The van der Waals surface area contributed by atoms with Crippen LogP contribution >= 0.6 is 0 Å². The number of nitrogens with one attached hydrogen (secondary N) is 1. The Bertz CT molecular complexity index is 417. The Kier molecular flexibility index (Phi) is 2.52. The van der Waals surface area contributed by atoms with Gasteiger partial charge in [-0.1, -0.05) is 0 Å². The molecule has 4 heteroatoms. The first kappa shape index (κ1) is 10.6. The molecule has 2 saturated heterocycles. The fraction of sp³-hybridized carbons (Fsp3) is 0.462. The van der Waals surface area contributed by atoms with Gasteiger partial charge in [0.15, 0.2) is 0 Å². The van der Waals surface area contributed by atoms with Crippen molar-refractivity contribution in [3.8, 4) is 0 Å². The first-order chi connectivity index (χ1) is 8.22. The minimum atomic E-state index is 0.128. The van der Waals surface area contributed by atoms with Crippen LogP contribution in [0.5, 0.6) is 0 Å². The van der Waals surface area contributed by atoms with Crippen LogP contribution in [0.3, 0.4) is 0 Å². The largest absolute Gasteiger partial charge is 0.399 e. The lowest BCUT2D eigenvalue weighted by Crippen LogP contribution is -2.53. The fourth-order valence-electron chi connectivity index (χ4n) is 2.77. The highest BCUT2D eigenvalue weighted by Crippen LogP contribution is 2.21.